The second-order valence-electron chi connectivity index (χ2n) is 10.2. The molecule has 144 valence electrons. The minimum Gasteiger partial charge on any atom is -0.0654 e. The molecule has 2 bridgehead atoms. The molecule has 26 heavy (non-hydrogen) atoms. The summed E-state index contributed by atoms with van der Waals surface area (Å²) >= 11 is 0. The van der Waals surface area contributed by atoms with Crippen LogP contribution in [0.15, 0.2) is 24.3 Å². The van der Waals surface area contributed by atoms with E-state index in [4.69, 9.17) is 0 Å². The van der Waals surface area contributed by atoms with E-state index >= 15 is 0 Å². The van der Waals surface area contributed by atoms with Gasteiger partial charge in [-0.05, 0) is 111 Å². The van der Waals surface area contributed by atoms with E-state index in [0.29, 0.717) is 0 Å². The van der Waals surface area contributed by atoms with Crippen molar-refractivity contribution < 1.29 is 0 Å². The molecule has 0 aromatic heterocycles. The molecule has 4 fully saturated rings. The Balaban J connectivity index is 1.34. The standard InChI is InChI=1S/C26H40/c1-3-5-21-6-8-22(9-7-21)23-10-12-24(13-11-23)26-18-15-25(14-4-2,16-19-26)17-20-26/h6-9,23-24H,3-5,10-20H2,1-2H3. The Morgan fingerprint density at radius 2 is 1.38 bits per heavy atom. The number of fused-ring (bicyclic) bond motifs is 3. The summed E-state index contributed by atoms with van der Waals surface area (Å²) < 4.78 is 0. The van der Waals surface area contributed by atoms with Crippen LogP contribution in [0.1, 0.15) is 114 Å². The highest BCUT2D eigenvalue weighted by Gasteiger charge is 2.51. The summed E-state index contributed by atoms with van der Waals surface area (Å²) in [5.74, 6) is 1.88. The Morgan fingerprint density at radius 3 is 1.92 bits per heavy atom. The molecule has 0 N–H and O–H groups in total. The third-order valence-electron chi connectivity index (χ3n) is 8.82. The lowest BCUT2D eigenvalue weighted by molar-refractivity contribution is -0.0624. The van der Waals surface area contributed by atoms with Crippen LogP contribution in [0.4, 0.5) is 0 Å². The Kier molecular flexibility index (Phi) is 5.49. The molecule has 0 aliphatic heterocycles. The number of hydrogen-bond acceptors (Lipinski definition) is 0. The number of hydrogen-bond donors (Lipinski definition) is 0. The maximum absolute atomic E-state index is 2.44. The average Bonchev–Trinajstić information content (AvgIpc) is 2.71. The fraction of sp³-hybridized carbons (Fsp3) is 0.769. The summed E-state index contributed by atoms with van der Waals surface area (Å²) in [6.07, 6.45) is 20.6. The molecule has 1 aromatic rings. The fourth-order valence-electron chi connectivity index (χ4n) is 7.09. The van der Waals surface area contributed by atoms with Crippen molar-refractivity contribution in [3.05, 3.63) is 35.4 Å². The molecule has 0 spiro atoms. The number of aryl methyl sites for hydroxylation is 1. The zero-order valence-electron chi connectivity index (χ0n) is 17.4. The van der Waals surface area contributed by atoms with Gasteiger partial charge in [0.2, 0.25) is 0 Å². The summed E-state index contributed by atoms with van der Waals surface area (Å²) in [5, 5.41) is 0. The summed E-state index contributed by atoms with van der Waals surface area (Å²) in [4.78, 5) is 0. The first kappa shape index (κ1) is 18.6. The first-order valence-electron chi connectivity index (χ1n) is 11.8. The van der Waals surface area contributed by atoms with Gasteiger partial charge in [-0.1, -0.05) is 51.0 Å². The quantitative estimate of drug-likeness (QED) is 0.485. The fourth-order valence-corrected chi connectivity index (χ4v) is 7.09. The molecule has 0 unspecified atom stereocenters. The van der Waals surface area contributed by atoms with Gasteiger partial charge in [0, 0.05) is 0 Å². The first-order valence-corrected chi connectivity index (χ1v) is 11.8. The summed E-state index contributed by atoms with van der Waals surface area (Å²) in [6.45, 7) is 4.67. The van der Waals surface area contributed by atoms with Gasteiger partial charge in [-0.3, -0.25) is 0 Å². The van der Waals surface area contributed by atoms with E-state index in [0.717, 1.165) is 22.7 Å². The third kappa shape index (κ3) is 3.50. The van der Waals surface area contributed by atoms with Gasteiger partial charge in [0.25, 0.3) is 0 Å². The van der Waals surface area contributed by atoms with Crippen LogP contribution in [-0.2, 0) is 6.42 Å². The molecule has 0 nitrogen and oxygen atoms in total. The van der Waals surface area contributed by atoms with Crippen molar-refractivity contribution in [2.75, 3.05) is 0 Å². The van der Waals surface area contributed by atoms with E-state index in [2.05, 4.69) is 38.1 Å². The van der Waals surface area contributed by atoms with Crippen molar-refractivity contribution in [2.45, 2.75) is 110 Å². The molecule has 4 aliphatic carbocycles. The van der Waals surface area contributed by atoms with Gasteiger partial charge < -0.3 is 0 Å². The van der Waals surface area contributed by atoms with E-state index in [9.17, 15) is 0 Å². The van der Waals surface area contributed by atoms with Gasteiger partial charge in [0.05, 0.1) is 0 Å². The van der Waals surface area contributed by atoms with Crippen LogP contribution < -0.4 is 0 Å². The molecule has 5 rings (SSSR count). The maximum Gasteiger partial charge on any atom is -0.0162 e. The highest BCUT2D eigenvalue weighted by molar-refractivity contribution is 5.26. The average molecular weight is 353 g/mol. The molecule has 0 radical (unpaired) electrons. The topological polar surface area (TPSA) is 0 Å². The predicted molar refractivity (Wildman–Crippen MR) is 113 cm³/mol. The first-order chi connectivity index (χ1) is 12.7. The van der Waals surface area contributed by atoms with Crippen LogP contribution >= 0.6 is 0 Å². The molecular formula is C26H40. The van der Waals surface area contributed by atoms with Gasteiger partial charge in [0.1, 0.15) is 0 Å². The van der Waals surface area contributed by atoms with Crippen molar-refractivity contribution in [1.29, 1.82) is 0 Å². The summed E-state index contributed by atoms with van der Waals surface area (Å²) in [6, 6.07) is 9.65. The van der Waals surface area contributed by atoms with Crippen LogP contribution in [0.5, 0.6) is 0 Å². The van der Waals surface area contributed by atoms with E-state index in [-0.39, 0.29) is 0 Å². The second-order valence-corrected chi connectivity index (χ2v) is 10.2. The van der Waals surface area contributed by atoms with Crippen LogP contribution in [0.25, 0.3) is 0 Å². The van der Waals surface area contributed by atoms with Crippen molar-refractivity contribution in [1.82, 2.24) is 0 Å². The van der Waals surface area contributed by atoms with E-state index in [1.54, 1.807) is 44.1 Å². The molecule has 0 heterocycles. The molecule has 1 aromatic carbocycles. The molecular weight excluding hydrogens is 312 g/mol. The van der Waals surface area contributed by atoms with Crippen molar-refractivity contribution in [2.24, 2.45) is 16.7 Å². The minimum absolute atomic E-state index is 0.755. The van der Waals surface area contributed by atoms with Crippen LogP contribution in [0.2, 0.25) is 0 Å². The van der Waals surface area contributed by atoms with Crippen molar-refractivity contribution >= 4 is 0 Å². The second kappa shape index (κ2) is 7.69. The highest BCUT2D eigenvalue weighted by Crippen LogP contribution is 2.63. The predicted octanol–water partition coefficient (Wildman–Crippen LogP) is 8.05. The maximum atomic E-state index is 2.44. The lowest BCUT2D eigenvalue weighted by atomic mass is 9.47. The van der Waals surface area contributed by atoms with Gasteiger partial charge in [0.15, 0.2) is 0 Å². The Morgan fingerprint density at radius 1 is 0.769 bits per heavy atom. The van der Waals surface area contributed by atoms with Crippen LogP contribution in [0, 0.1) is 16.7 Å². The third-order valence-corrected chi connectivity index (χ3v) is 8.82. The largest absolute Gasteiger partial charge is 0.0654 e. The normalized spacial score (nSPS) is 37.0. The minimum atomic E-state index is 0.755. The molecule has 4 aliphatic rings. The van der Waals surface area contributed by atoms with Gasteiger partial charge in [-0.25, -0.2) is 0 Å². The summed E-state index contributed by atoms with van der Waals surface area (Å²) in [5.41, 5.74) is 4.66. The van der Waals surface area contributed by atoms with Crippen LogP contribution in [-0.4, -0.2) is 0 Å². The molecule has 0 saturated heterocycles. The zero-order chi connectivity index (χ0) is 18.0. The number of rotatable bonds is 6. The SMILES string of the molecule is CCCc1ccc(C2CCC(C34CCC(CCC)(CC3)CC4)CC2)cc1. The van der Waals surface area contributed by atoms with Gasteiger partial charge in [-0.15, -0.1) is 0 Å². The molecule has 0 atom stereocenters. The Labute approximate surface area is 162 Å². The Bertz CT molecular complexity index is 548. The molecule has 4 saturated carbocycles. The Hall–Kier alpha value is -0.780. The van der Waals surface area contributed by atoms with E-state index in [1.807, 2.05) is 0 Å². The monoisotopic (exact) mass is 352 g/mol. The van der Waals surface area contributed by atoms with Gasteiger partial charge >= 0.3 is 0 Å². The zero-order valence-corrected chi connectivity index (χ0v) is 17.4. The van der Waals surface area contributed by atoms with Crippen molar-refractivity contribution in [3.63, 3.8) is 0 Å². The molecule has 0 amide bonds. The number of benzene rings is 1. The lowest BCUT2D eigenvalue weighted by Crippen LogP contribution is -2.46. The summed E-state index contributed by atoms with van der Waals surface area (Å²) in [7, 11) is 0. The lowest BCUT2D eigenvalue weighted by Gasteiger charge is -2.58. The van der Waals surface area contributed by atoms with E-state index in [1.165, 1.54) is 56.9 Å². The smallest absolute Gasteiger partial charge is 0.0162 e. The van der Waals surface area contributed by atoms with Crippen LogP contribution in [0.3, 0.4) is 0 Å². The molecule has 0 heteroatoms. The highest BCUT2D eigenvalue weighted by atomic mass is 14.6. The van der Waals surface area contributed by atoms with E-state index < -0.39 is 0 Å². The van der Waals surface area contributed by atoms with Gasteiger partial charge in [-0.2, -0.15) is 0 Å². The van der Waals surface area contributed by atoms with Crippen molar-refractivity contribution in [3.8, 4) is 0 Å².